The summed E-state index contributed by atoms with van der Waals surface area (Å²) >= 11 is 1.47. The van der Waals surface area contributed by atoms with Crippen molar-refractivity contribution in [3.63, 3.8) is 0 Å². The average molecular weight is 454 g/mol. The fourth-order valence-corrected chi connectivity index (χ4v) is 5.78. The largest absolute Gasteiger partial charge is 0.466 e. The van der Waals surface area contributed by atoms with Crippen LogP contribution >= 0.6 is 11.3 Å². The minimum Gasteiger partial charge on any atom is -0.466 e. The van der Waals surface area contributed by atoms with Crippen LogP contribution in [0.25, 0.3) is 10.2 Å². The summed E-state index contributed by atoms with van der Waals surface area (Å²) < 4.78 is 6.67. The first-order valence-electron chi connectivity index (χ1n) is 10.9. The van der Waals surface area contributed by atoms with Gasteiger partial charge >= 0.3 is 5.97 Å². The molecule has 2 aromatic heterocycles. The summed E-state index contributed by atoms with van der Waals surface area (Å²) in [5.41, 5.74) is 3.26. The summed E-state index contributed by atoms with van der Waals surface area (Å²) in [5, 5.41) is 3.33. The molecule has 1 atom stereocenters. The molecule has 32 heavy (non-hydrogen) atoms. The van der Waals surface area contributed by atoms with E-state index in [0.29, 0.717) is 34.8 Å². The van der Waals surface area contributed by atoms with Crippen molar-refractivity contribution in [3.05, 3.63) is 55.9 Å². The third-order valence-electron chi connectivity index (χ3n) is 5.74. The van der Waals surface area contributed by atoms with E-state index in [0.717, 1.165) is 34.4 Å². The topological polar surface area (TPSA) is 90.3 Å². The number of benzene rings is 1. The lowest BCUT2D eigenvalue weighted by atomic mass is 9.86. The Kier molecular flexibility index (Phi) is 6.15. The highest BCUT2D eigenvalue weighted by Gasteiger charge is 2.33. The van der Waals surface area contributed by atoms with Gasteiger partial charge in [0.1, 0.15) is 17.2 Å². The van der Waals surface area contributed by atoms with Crippen LogP contribution < -0.4 is 10.9 Å². The molecular formula is C24H27N3O4S. The number of aromatic nitrogens is 2. The van der Waals surface area contributed by atoms with E-state index in [1.807, 2.05) is 32.0 Å². The third-order valence-corrected chi connectivity index (χ3v) is 6.90. The molecule has 0 saturated carbocycles. The number of esters is 1. The maximum Gasteiger partial charge on any atom is 0.313 e. The second-order valence-corrected chi connectivity index (χ2v) is 9.37. The number of thiophene rings is 1. The Hall–Kier alpha value is -3.00. The van der Waals surface area contributed by atoms with Crippen LogP contribution in [0.1, 0.15) is 53.1 Å². The van der Waals surface area contributed by atoms with Gasteiger partial charge in [0.05, 0.1) is 17.9 Å². The number of fused-ring (bicyclic) bond motifs is 3. The normalized spacial score (nSPS) is 15.4. The van der Waals surface area contributed by atoms with E-state index in [-0.39, 0.29) is 24.0 Å². The Morgan fingerprint density at radius 1 is 1.22 bits per heavy atom. The van der Waals surface area contributed by atoms with Gasteiger partial charge in [-0.3, -0.25) is 19.0 Å². The first-order valence-corrected chi connectivity index (χ1v) is 11.7. The number of hydrogen-bond donors (Lipinski definition) is 1. The molecule has 0 bridgehead atoms. The van der Waals surface area contributed by atoms with Gasteiger partial charge in [-0.25, -0.2) is 4.98 Å². The molecule has 3 aromatic rings. The van der Waals surface area contributed by atoms with Crippen molar-refractivity contribution in [2.45, 2.75) is 59.4 Å². The molecule has 1 N–H and O–H groups in total. The Morgan fingerprint density at radius 3 is 2.62 bits per heavy atom. The lowest BCUT2D eigenvalue weighted by Gasteiger charge is -2.21. The van der Waals surface area contributed by atoms with Crippen LogP contribution in [0.5, 0.6) is 0 Å². The fourth-order valence-electron chi connectivity index (χ4n) is 4.47. The lowest BCUT2D eigenvalue weighted by Crippen LogP contribution is -2.31. The van der Waals surface area contributed by atoms with Crippen LogP contribution in [0.4, 0.5) is 5.69 Å². The van der Waals surface area contributed by atoms with Crippen molar-refractivity contribution in [1.82, 2.24) is 9.55 Å². The van der Waals surface area contributed by atoms with Gasteiger partial charge in [-0.1, -0.05) is 6.07 Å². The number of amides is 1. The summed E-state index contributed by atoms with van der Waals surface area (Å²) in [7, 11) is 0. The summed E-state index contributed by atoms with van der Waals surface area (Å²) in [6.45, 7) is 7.60. The van der Waals surface area contributed by atoms with Crippen LogP contribution in [0, 0.1) is 20.8 Å². The first-order chi connectivity index (χ1) is 15.3. The summed E-state index contributed by atoms with van der Waals surface area (Å²) in [4.78, 5) is 45.1. The molecule has 2 heterocycles. The number of hydrogen-bond acceptors (Lipinski definition) is 6. The van der Waals surface area contributed by atoms with Gasteiger partial charge in [-0.2, -0.15) is 0 Å². The number of carbonyl (C=O) groups excluding carboxylic acids is 2. The first kappa shape index (κ1) is 22.2. The number of aryl methyl sites for hydroxylation is 4. The van der Waals surface area contributed by atoms with Crippen molar-refractivity contribution in [1.29, 1.82) is 0 Å². The molecule has 1 aromatic carbocycles. The highest BCUT2D eigenvalue weighted by Crippen LogP contribution is 2.41. The molecule has 1 aliphatic carbocycles. The van der Waals surface area contributed by atoms with Gasteiger partial charge in [0.15, 0.2) is 0 Å². The Balaban J connectivity index is 1.71. The van der Waals surface area contributed by atoms with Crippen molar-refractivity contribution < 1.29 is 14.3 Å². The summed E-state index contributed by atoms with van der Waals surface area (Å²) in [5.74, 6) is -0.578. The number of rotatable bonds is 5. The van der Waals surface area contributed by atoms with E-state index in [1.165, 1.54) is 15.9 Å². The molecule has 1 unspecified atom stereocenters. The molecule has 7 nitrogen and oxygen atoms in total. The molecule has 168 valence electrons. The molecule has 0 saturated heterocycles. The van der Waals surface area contributed by atoms with E-state index in [2.05, 4.69) is 10.3 Å². The summed E-state index contributed by atoms with van der Waals surface area (Å²) in [6.07, 6.45) is 2.34. The van der Waals surface area contributed by atoms with Crippen LogP contribution in [-0.4, -0.2) is 28.0 Å². The molecular weight excluding hydrogens is 426 g/mol. The number of carbonyl (C=O) groups is 2. The molecule has 8 heteroatoms. The molecule has 0 spiro atoms. The van der Waals surface area contributed by atoms with Crippen molar-refractivity contribution >= 4 is 39.1 Å². The standard InChI is InChI=1S/C24H27N3O4S/c1-5-31-24(30)17-7-6-8-18-20(17)21-22(32-18)25-15(4)27(23(21)29)12-19(28)26-16-10-13(2)9-14(3)11-16/h9-11,17H,5-8,12H2,1-4H3,(H,26,28). The second-order valence-electron chi connectivity index (χ2n) is 8.29. The van der Waals surface area contributed by atoms with Crippen molar-refractivity contribution in [2.24, 2.45) is 0 Å². The van der Waals surface area contributed by atoms with E-state index in [9.17, 15) is 14.4 Å². The number of ether oxygens (including phenoxy) is 1. The Morgan fingerprint density at radius 2 is 1.94 bits per heavy atom. The fraction of sp³-hybridized carbons (Fsp3) is 0.417. The maximum absolute atomic E-state index is 13.5. The predicted octanol–water partition coefficient (Wildman–Crippen LogP) is 4.00. The quantitative estimate of drug-likeness (QED) is 0.590. The van der Waals surface area contributed by atoms with E-state index < -0.39 is 5.92 Å². The number of nitrogens with one attached hydrogen (secondary N) is 1. The van der Waals surface area contributed by atoms with E-state index in [4.69, 9.17) is 4.74 Å². The van der Waals surface area contributed by atoms with Crippen molar-refractivity contribution in [2.75, 3.05) is 11.9 Å². The van der Waals surface area contributed by atoms with Gasteiger partial charge in [0.2, 0.25) is 5.91 Å². The zero-order chi connectivity index (χ0) is 23.0. The Labute approximate surface area is 190 Å². The predicted molar refractivity (Wildman–Crippen MR) is 125 cm³/mol. The zero-order valence-electron chi connectivity index (χ0n) is 18.8. The van der Waals surface area contributed by atoms with E-state index in [1.54, 1.807) is 13.8 Å². The average Bonchev–Trinajstić information content (AvgIpc) is 3.08. The van der Waals surface area contributed by atoms with Gasteiger partial charge in [0.25, 0.3) is 5.56 Å². The van der Waals surface area contributed by atoms with Crippen LogP contribution in [0.15, 0.2) is 23.0 Å². The SMILES string of the molecule is CCOC(=O)C1CCCc2sc3nc(C)n(CC(=O)Nc4cc(C)cc(C)c4)c(=O)c3c21. The van der Waals surface area contributed by atoms with Gasteiger partial charge in [-0.05, 0) is 75.8 Å². The molecule has 1 amide bonds. The molecule has 1 aliphatic rings. The second kappa shape index (κ2) is 8.86. The third kappa shape index (κ3) is 4.19. The monoisotopic (exact) mass is 453 g/mol. The van der Waals surface area contributed by atoms with Crippen LogP contribution in [0.2, 0.25) is 0 Å². The minimum atomic E-state index is -0.456. The maximum atomic E-state index is 13.5. The van der Waals surface area contributed by atoms with Gasteiger partial charge in [0, 0.05) is 10.6 Å². The highest BCUT2D eigenvalue weighted by molar-refractivity contribution is 7.18. The molecule has 0 radical (unpaired) electrons. The number of nitrogens with zero attached hydrogens (tertiary/aromatic N) is 2. The molecule has 4 rings (SSSR count). The number of anilines is 1. The lowest BCUT2D eigenvalue weighted by molar-refractivity contribution is -0.145. The minimum absolute atomic E-state index is 0.144. The highest BCUT2D eigenvalue weighted by atomic mass is 32.1. The van der Waals surface area contributed by atoms with Crippen LogP contribution in [-0.2, 0) is 27.3 Å². The molecule has 0 aliphatic heterocycles. The van der Waals surface area contributed by atoms with Gasteiger partial charge < -0.3 is 10.1 Å². The molecule has 0 fully saturated rings. The van der Waals surface area contributed by atoms with Crippen molar-refractivity contribution in [3.8, 4) is 0 Å². The smallest absolute Gasteiger partial charge is 0.313 e. The zero-order valence-corrected chi connectivity index (χ0v) is 19.6. The Bertz CT molecular complexity index is 1250. The summed E-state index contributed by atoms with van der Waals surface area (Å²) in [6, 6.07) is 5.81. The van der Waals surface area contributed by atoms with Crippen LogP contribution in [0.3, 0.4) is 0 Å². The van der Waals surface area contributed by atoms with Gasteiger partial charge in [-0.15, -0.1) is 11.3 Å². The van der Waals surface area contributed by atoms with E-state index >= 15 is 0 Å².